The monoisotopic (exact) mass is 183 g/mol. The molecule has 0 amide bonds. The zero-order valence-corrected chi connectivity index (χ0v) is 7.95. The Morgan fingerprint density at radius 1 is 1.67 bits per heavy atom. The van der Waals surface area contributed by atoms with E-state index in [-0.39, 0.29) is 6.04 Å². The molecule has 1 atom stereocenters. The summed E-state index contributed by atoms with van der Waals surface area (Å²) in [7, 11) is 0. The number of fused-ring (bicyclic) bond motifs is 1. The first-order valence-corrected chi connectivity index (χ1v) is 5.34. The Hall–Kier alpha value is -0.480. The third-order valence-corrected chi connectivity index (χ3v) is 3.14. The van der Waals surface area contributed by atoms with Crippen molar-refractivity contribution in [3.05, 3.63) is 17.0 Å². The number of nitrogens with one attached hydrogen (secondary N) is 1. The average Bonchev–Trinajstić information content (AvgIpc) is 2.47. The molecule has 4 heteroatoms. The molecule has 0 aliphatic carbocycles. The van der Waals surface area contributed by atoms with E-state index in [4.69, 9.17) is 5.73 Å². The van der Waals surface area contributed by atoms with Crippen LogP contribution >= 0.6 is 11.8 Å². The van der Waals surface area contributed by atoms with Gasteiger partial charge in [-0.15, -0.1) is 0 Å². The fraction of sp³-hybridized carbons (Fsp3) is 0.625. The van der Waals surface area contributed by atoms with Gasteiger partial charge in [0.15, 0.2) is 0 Å². The fourth-order valence-corrected chi connectivity index (χ4v) is 2.48. The van der Waals surface area contributed by atoms with Crippen molar-refractivity contribution in [2.45, 2.75) is 25.1 Å². The van der Waals surface area contributed by atoms with Gasteiger partial charge in [0.1, 0.15) is 0 Å². The molecule has 0 bridgehead atoms. The summed E-state index contributed by atoms with van der Waals surface area (Å²) in [5, 5.41) is 7.29. The van der Waals surface area contributed by atoms with Gasteiger partial charge in [0.2, 0.25) is 0 Å². The summed E-state index contributed by atoms with van der Waals surface area (Å²) in [5.74, 6) is 2.27. The van der Waals surface area contributed by atoms with E-state index in [0.29, 0.717) is 0 Å². The predicted octanol–water partition coefficient (Wildman–Crippen LogP) is 1.22. The van der Waals surface area contributed by atoms with Gasteiger partial charge in [0, 0.05) is 17.5 Å². The zero-order valence-electron chi connectivity index (χ0n) is 7.13. The van der Waals surface area contributed by atoms with Crippen LogP contribution < -0.4 is 5.73 Å². The molecule has 0 saturated heterocycles. The van der Waals surface area contributed by atoms with E-state index in [2.05, 4.69) is 10.2 Å². The quantitative estimate of drug-likeness (QED) is 0.688. The largest absolute Gasteiger partial charge is 0.323 e. The maximum Gasteiger partial charge on any atom is 0.0821 e. The molecule has 0 aromatic carbocycles. The molecular formula is C8H13N3S. The SMILES string of the molecule is C[C@H](N)c1n[nH]c2c1CCSC2. The third kappa shape index (κ3) is 1.25. The van der Waals surface area contributed by atoms with Gasteiger partial charge >= 0.3 is 0 Å². The van der Waals surface area contributed by atoms with Crippen molar-refractivity contribution in [3.63, 3.8) is 0 Å². The van der Waals surface area contributed by atoms with Crippen molar-refractivity contribution in [3.8, 4) is 0 Å². The minimum Gasteiger partial charge on any atom is -0.323 e. The first-order chi connectivity index (χ1) is 5.79. The van der Waals surface area contributed by atoms with Gasteiger partial charge in [0.05, 0.1) is 5.69 Å². The molecule has 1 aliphatic heterocycles. The van der Waals surface area contributed by atoms with Crippen LogP contribution in [-0.2, 0) is 12.2 Å². The molecule has 12 heavy (non-hydrogen) atoms. The topological polar surface area (TPSA) is 54.7 Å². The Kier molecular flexibility index (Phi) is 2.11. The summed E-state index contributed by atoms with van der Waals surface area (Å²) in [5.41, 5.74) is 9.49. The van der Waals surface area contributed by atoms with Crippen LogP contribution in [0.3, 0.4) is 0 Å². The van der Waals surface area contributed by atoms with E-state index < -0.39 is 0 Å². The Balaban J connectivity index is 2.38. The van der Waals surface area contributed by atoms with Crippen LogP contribution in [0, 0.1) is 0 Å². The molecule has 0 unspecified atom stereocenters. The Morgan fingerprint density at radius 2 is 2.50 bits per heavy atom. The number of rotatable bonds is 1. The number of H-pyrrole nitrogens is 1. The summed E-state index contributed by atoms with van der Waals surface area (Å²) in [6.07, 6.45) is 1.12. The number of aromatic nitrogens is 2. The molecule has 0 fully saturated rings. The molecule has 3 N–H and O–H groups in total. The van der Waals surface area contributed by atoms with Crippen LogP contribution in [-0.4, -0.2) is 16.0 Å². The van der Waals surface area contributed by atoms with E-state index in [1.54, 1.807) is 0 Å². The van der Waals surface area contributed by atoms with E-state index in [1.165, 1.54) is 17.0 Å². The maximum absolute atomic E-state index is 5.79. The van der Waals surface area contributed by atoms with Crippen molar-refractivity contribution in [2.24, 2.45) is 5.73 Å². The highest BCUT2D eigenvalue weighted by Gasteiger charge is 2.18. The van der Waals surface area contributed by atoms with Crippen LogP contribution in [0.1, 0.15) is 29.9 Å². The van der Waals surface area contributed by atoms with E-state index in [1.807, 2.05) is 18.7 Å². The molecular weight excluding hydrogens is 170 g/mol. The first-order valence-electron chi connectivity index (χ1n) is 4.18. The summed E-state index contributed by atoms with van der Waals surface area (Å²) >= 11 is 1.95. The van der Waals surface area contributed by atoms with Crippen LogP contribution in [0.2, 0.25) is 0 Å². The Labute approximate surface area is 76.1 Å². The standard InChI is InChI=1S/C8H13N3S/c1-5(9)8-6-2-3-12-4-7(6)10-11-8/h5H,2-4,9H2,1H3,(H,10,11)/t5-/m0/s1. The third-order valence-electron chi connectivity index (χ3n) is 2.16. The fourth-order valence-electron chi connectivity index (χ4n) is 1.54. The van der Waals surface area contributed by atoms with Gasteiger partial charge in [-0.3, -0.25) is 5.10 Å². The Bertz CT molecular complexity index is 280. The highest BCUT2D eigenvalue weighted by molar-refractivity contribution is 7.98. The molecule has 0 saturated carbocycles. The first kappa shape index (κ1) is 8.13. The molecule has 1 aliphatic rings. The highest BCUT2D eigenvalue weighted by atomic mass is 32.2. The summed E-state index contributed by atoms with van der Waals surface area (Å²) in [6, 6.07) is 0.0631. The molecule has 0 spiro atoms. The normalized spacial score (nSPS) is 18.8. The van der Waals surface area contributed by atoms with Crippen LogP contribution in [0.5, 0.6) is 0 Å². The lowest BCUT2D eigenvalue weighted by molar-refractivity contribution is 0.761. The number of thioether (sulfide) groups is 1. The van der Waals surface area contributed by atoms with Gasteiger partial charge in [-0.1, -0.05) is 0 Å². The lowest BCUT2D eigenvalue weighted by Crippen LogP contribution is -2.10. The highest BCUT2D eigenvalue weighted by Crippen LogP contribution is 2.27. The van der Waals surface area contributed by atoms with E-state index >= 15 is 0 Å². The molecule has 1 aromatic rings. The maximum atomic E-state index is 5.79. The molecule has 2 rings (SSSR count). The summed E-state index contributed by atoms with van der Waals surface area (Å²) < 4.78 is 0. The van der Waals surface area contributed by atoms with Crippen LogP contribution in [0.15, 0.2) is 0 Å². The number of hydrogen-bond donors (Lipinski definition) is 2. The second-order valence-corrected chi connectivity index (χ2v) is 4.26. The molecule has 0 radical (unpaired) electrons. The van der Waals surface area contributed by atoms with Crippen LogP contribution in [0.25, 0.3) is 0 Å². The Morgan fingerprint density at radius 3 is 3.25 bits per heavy atom. The molecule has 66 valence electrons. The number of nitrogens with zero attached hydrogens (tertiary/aromatic N) is 1. The zero-order chi connectivity index (χ0) is 8.55. The molecule has 2 heterocycles. The van der Waals surface area contributed by atoms with Gasteiger partial charge in [-0.2, -0.15) is 16.9 Å². The van der Waals surface area contributed by atoms with Crippen molar-refractivity contribution < 1.29 is 0 Å². The number of hydrogen-bond acceptors (Lipinski definition) is 3. The van der Waals surface area contributed by atoms with Gasteiger partial charge in [0.25, 0.3) is 0 Å². The number of nitrogens with two attached hydrogens (primary N) is 1. The average molecular weight is 183 g/mol. The molecule has 1 aromatic heterocycles. The smallest absolute Gasteiger partial charge is 0.0821 e. The van der Waals surface area contributed by atoms with Crippen molar-refractivity contribution >= 4 is 11.8 Å². The van der Waals surface area contributed by atoms with Gasteiger partial charge in [-0.25, -0.2) is 0 Å². The predicted molar refractivity (Wildman–Crippen MR) is 51.1 cm³/mol. The minimum absolute atomic E-state index is 0.0631. The summed E-state index contributed by atoms with van der Waals surface area (Å²) in [6.45, 7) is 1.98. The van der Waals surface area contributed by atoms with Crippen molar-refractivity contribution in [2.75, 3.05) is 5.75 Å². The van der Waals surface area contributed by atoms with Gasteiger partial charge in [-0.05, 0) is 24.7 Å². The lowest BCUT2D eigenvalue weighted by atomic mass is 10.1. The lowest BCUT2D eigenvalue weighted by Gasteiger charge is -2.11. The van der Waals surface area contributed by atoms with Crippen molar-refractivity contribution in [1.82, 2.24) is 10.2 Å². The summed E-state index contributed by atoms with van der Waals surface area (Å²) in [4.78, 5) is 0. The van der Waals surface area contributed by atoms with Crippen LogP contribution in [0.4, 0.5) is 0 Å². The molecule has 3 nitrogen and oxygen atoms in total. The number of aromatic amines is 1. The minimum atomic E-state index is 0.0631. The van der Waals surface area contributed by atoms with Crippen molar-refractivity contribution in [1.29, 1.82) is 0 Å². The van der Waals surface area contributed by atoms with E-state index in [0.717, 1.165) is 17.9 Å². The van der Waals surface area contributed by atoms with E-state index in [9.17, 15) is 0 Å². The second-order valence-electron chi connectivity index (χ2n) is 3.16. The second kappa shape index (κ2) is 3.11. The van der Waals surface area contributed by atoms with Gasteiger partial charge < -0.3 is 5.73 Å².